The van der Waals surface area contributed by atoms with Gasteiger partial charge in [-0.25, -0.2) is 0 Å². The lowest BCUT2D eigenvalue weighted by molar-refractivity contribution is -0.116. The van der Waals surface area contributed by atoms with Gasteiger partial charge in [0.1, 0.15) is 5.75 Å². The van der Waals surface area contributed by atoms with Crippen LogP contribution in [0.3, 0.4) is 0 Å². The Balaban J connectivity index is 2.40. The van der Waals surface area contributed by atoms with E-state index in [0.29, 0.717) is 13.0 Å². The van der Waals surface area contributed by atoms with Gasteiger partial charge < -0.3 is 9.64 Å². The normalized spacial score (nSPS) is 18.9. The van der Waals surface area contributed by atoms with Crippen LogP contribution in [0.25, 0.3) is 0 Å². The van der Waals surface area contributed by atoms with Crippen molar-refractivity contribution < 1.29 is 9.53 Å². The van der Waals surface area contributed by atoms with Crippen molar-refractivity contribution in [2.24, 2.45) is 0 Å². The van der Waals surface area contributed by atoms with Crippen molar-refractivity contribution in [2.75, 3.05) is 18.6 Å². The fourth-order valence-corrected chi connectivity index (χ4v) is 2.29. The topological polar surface area (TPSA) is 29.5 Å². The molecule has 1 saturated heterocycles. The van der Waals surface area contributed by atoms with Gasteiger partial charge in [0.15, 0.2) is 5.78 Å². The second kappa shape index (κ2) is 3.81. The summed E-state index contributed by atoms with van der Waals surface area (Å²) in [5.41, 5.74) is 0.881. The number of benzene rings is 1. The van der Waals surface area contributed by atoms with Crippen LogP contribution in [-0.2, 0) is 4.79 Å². The van der Waals surface area contributed by atoms with Crippen LogP contribution in [-0.4, -0.2) is 25.0 Å². The number of hydrogen-bond donors (Lipinski definition) is 0. The summed E-state index contributed by atoms with van der Waals surface area (Å²) in [7, 11) is 1.66. The molecule has 2 rings (SSSR count). The maximum Gasteiger partial charge on any atom is 0.154 e. The van der Waals surface area contributed by atoms with Gasteiger partial charge in [-0.2, -0.15) is 0 Å². The largest absolute Gasteiger partial charge is 0.495 e. The number of rotatable bonds is 2. The molecular formula is C13H17NO2. The quantitative estimate of drug-likeness (QED) is 0.764. The molecule has 16 heavy (non-hydrogen) atoms. The van der Waals surface area contributed by atoms with Crippen LogP contribution in [0.4, 0.5) is 5.69 Å². The van der Waals surface area contributed by atoms with E-state index in [0.717, 1.165) is 11.4 Å². The molecule has 0 N–H and O–H groups in total. The van der Waals surface area contributed by atoms with Crippen LogP contribution in [0.5, 0.6) is 5.75 Å². The van der Waals surface area contributed by atoms with Crippen molar-refractivity contribution in [1.29, 1.82) is 0 Å². The first-order chi connectivity index (χ1) is 7.54. The van der Waals surface area contributed by atoms with Gasteiger partial charge in [-0.15, -0.1) is 0 Å². The molecule has 1 fully saturated rings. The first kappa shape index (κ1) is 11.0. The van der Waals surface area contributed by atoms with E-state index < -0.39 is 0 Å². The lowest BCUT2D eigenvalue weighted by Gasteiger charge is -2.33. The number of anilines is 1. The fraction of sp³-hybridized carbons (Fsp3) is 0.462. The number of Topliss-reactive ketones (excluding diaryl/α,β-unsaturated/α-hetero) is 1. The summed E-state index contributed by atoms with van der Waals surface area (Å²) in [4.78, 5) is 13.7. The van der Waals surface area contributed by atoms with Crippen LogP contribution in [0.2, 0.25) is 0 Å². The molecule has 1 aliphatic heterocycles. The first-order valence-electron chi connectivity index (χ1n) is 5.47. The summed E-state index contributed by atoms with van der Waals surface area (Å²) in [6.45, 7) is 4.65. The van der Waals surface area contributed by atoms with E-state index in [1.165, 1.54) is 0 Å². The Morgan fingerprint density at radius 3 is 2.56 bits per heavy atom. The zero-order valence-electron chi connectivity index (χ0n) is 9.99. The van der Waals surface area contributed by atoms with E-state index in [1.54, 1.807) is 7.11 Å². The summed E-state index contributed by atoms with van der Waals surface area (Å²) in [5, 5.41) is 0. The average molecular weight is 219 g/mol. The van der Waals surface area contributed by atoms with Gasteiger partial charge in [0.25, 0.3) is 0 Å². The molecule has 86 valence electrons. The number of hydrogen-bond acceptors (Lipinski definition) is 3. The summed E-state index contributed by atoms with van der Waals surface area (Å²) in [6.07, 6.45) is 0.602. The predicted molar refractivity (Wildman–Crippen MR) is 64.0 cm³/mol. The van der Waals surface area contributed by atoms with E-state index in [2.05, 4.69) is 18.7 Å². The van der Waals surface area contributed by atoms with E-state index >= 15 is 0 Å². The Morgan fingerprint density at radius 1 is 1.31 bits per heavy atom. The van der Waals surface area contributed by atoms with E-state index in [1.807, 2.05) is 24.3 Å². The van der Waals surface area contributed by atoms with Gasteiger partial charge in [-0.05, 0) is 26.0 Å². The number of ketones is 1. The Kier molecular flexibility index (Phi) is 2.62. The van der Waals surface area contributed by atoms with Crippen molar-refractivity contribution in [2.45, 2.75) is 25.8 Å². The standard InChI is InChI=1S/C13H17NO2/c1-13(2)8-10(15)9-14(13)11-6-4-5-7-12(11)16-3/h4-7H,8-9H2,1-3H3. The van der Waals surface area contributed by atoms with E-state index in [4.69, 9.17) is 4.74 Å². The predicted octanol–water partition coefficient (Wildman–Crippen LogP) is 2.25. The fourth-order valence-electron chi connectivity index (χ4n) is 2.29. The molecule has 1 aromatic rings. The lowest BCUT2D eigenvalue weighted by Crippen LogP contribution is -2.38. The Bertz CT molecular complexity index is 412. The van der Waals surface area contributed by atoms with Gasteiger partial charge >= 0.3 is 0 Å². The molecular weight excluding hydrogens is 202 g/mol. The molecule has 0 bridgehead atoms. The number of nitrogens with zero attached hydrogens (tertiary/aromatic N) is 1. The molecule has 1 aliphatic rings. The summed E-state index contributed by atoms with van der Waals surface area (Å²) >= 11 is 0. The number of para-hydroxylation sites is 2. The summed E-state index contributed by atoms with van der Waals surface area (Å²) < 4.78 is 5.33. The minimum atomic E-state index is -0.119. The van der Waals surface area contributed by atoms with Gasteiger partial charge in [0.2, 0.25) is 0 Å². The van der Waals surface area contributed by atoms with Crippen molar-refractivity contribution in [3.8, 4) is 5.75 Å². The average Bonchev–Trinajstić information content (AvgIpc) is 2.51. The monoisotopic (exact) mass is 219 g/mol. The van der Waals surface area contributed by atoms with Crippen molar-refractivity contribution in [1.82, 2.24) is 0 Å². The Morgan fingerprint density at radius 2 is 2.00 bits per heavy atom. The second-order valence-corrected chi connectivity index (χ2v) is 4.79. The number of carbonyl (C=O) groups is 1. The third-order valence-corrected chi connectivity index (χ3v) is 3.07. The third kappa shape index (κ3) is 1.77. The SMILES string of the molecule is COc1ccccc1N1CC(=O)CC1(C)C. The van der Waals surface area contributed by atoms with Crippen LogP contribution < -0.4 is 9.64 Å². The lowest BCUT2D eigenvalue weighted by atomic mass is 10.0. The van der Waals surface area contributed by atoms with Crippen molar-refractivity contribution in [3.05, 3.63) is 24.3 Å². The molecule has 0 atom stereocenters. The first-order valence-corrected chi connectivity index (χ1v) is 5.47. The van der Waals surface area contributed by atoms with Gasteiger partial charge in [0.05, 0.1) is 19.3 Å². The Hall–Kier alpha value is -1.51. The van der Waals surface area contributed by atoms with Crippen LogP contribution in [0.15, 0.2) is 24.3 Å². The maximum atomic E-state index is 11.6. The minimum Gasteiger partial charge on any atom is -0.495 e. The third-order valence-electron chi connectivity index (χ3n) is 3.07. The van der Waals surface area contributed by atoms with Crippen LogP contribution in [0, 0.1) is 0 Å². The summed E-state index contributed by atoms with van der Waals surface area (Å²) in [5.74, 6) is 1.11. The molecule has 1 heterocycles. The van der Waals surface area contributed by atoms with Crippen LogP contribution >= 0.6 is 0 Å². The molecule has 1 aromatic carbocycles. The zero-order valence-corrected chi connectivity index (χ0v) is 9.99. The highest BCUT2D eigenvalue weighted by Gasteiger charge is 2.38. The van der Waals surface area contributed by atoms with Crippen LogP contribution in [0.1, 0.15) is 20.3 Å². The van der Waals surface area contributed by atoms with Gasteiger partial charge in [0, 0.05) is 12.0 Å². The second-order valence-electron chi connectivity index (χ2n) is 4.79. The zero-order chi connectivity index (χ0) is 11.8. The molecule has 3 heteroatoms. The van der Waals surface area contributed by atoms with E-state index in [-0.39, 0.29) is 11.3 Å². The molecule has 0 unspecified atom stereocenters. The number of ether oxygens (including phenoxy) is 1. The molecule has 3 nitrogen and oxygen atoms in total. The Labute approximate surface area is 96.0 Å². The van der Waals surface area contributed by atoms with Crippen molar-refractivity contribution >= 4 is 11.5 Å². The number of methoxy groups -OCH3 is 1. The van der Waals surface area contributed by atoms with E-state index in [9.17, 15) is 4.79 Å². The molecule has 0 radical (unpaired) electrons. The van der Waals surface area contributed by atoms with Gasteiger partial charge in [-0.3, -0.25) is 4.79 Å². The maximum absolute atomic E-state index is 11.6. The smallest absolute Gasteiger partial charge is 0.154 e. The van der Waals surface area contributed by atoms with Crippen molar-refractivity contribution in [3.63, 3.8) is 0 Å². The molecule has 0 spiro atoms. The number of carbonyl (C=O) groups excluding carboxylic acids is 1. The highest BCUT2D eigenvalue weighted by atomic mass is 16.5. The highest BCUT2D eigenvalue weighted by Crippen LogP contribution is 2.37. The molecule has 0 aliphatic carbocycles. The molecule has 0 saturated carbocycles. The minimum absolute atomic E-state index is 0.119. The summed E-state index contributed by atoms with van der Waals surface area (Å²) in [6, 6.07) is 7.83. The highest BCUT2D eigenvalue weighted by molar-refractivity contribution is 5.89. The van der Waals surface area contributed by atoms with Gasteiger partial charge in [-0.1, -0.05) is 12.1 Å². The molecule has 0 aromatic heterocycles. The molecule has 0 amide bonds.